The molecule has 3 atom stereocenters. The summed E-state index contributed by atoms with van der Waals surface area (Å²) in [5, 5.41) is 7.45. The third-order valence-electron chi connectivity index (χ3n) is 10.6. The summed E-state index contributed by atoms with van der Waals surface area (Å²) in [4.78, 5) is 4.78. The number of para-hydroxylation sites is 1. The summed E-state index contributed by atoms with van der Waals surface area (Å²) in [5.74, 6) is 4.13. The number of aromatic nitrogens is 4. The summed E-state index contributed by atoms with van der Waals surface area (Å²) in [5.41, 5.74) is 10.6. The fourth-order valence-corrected chi connectivity index (χ4v) is 8.10. The van der Waals surface area contributed by atoms with E-state index in [2.05, 4.69) is 137 Å². The molecule has 0 saturated heterocycles. The van der Waals surface area contributed by atoms with Gasteiger partial charge in [-0.05, 0) is 85.7 Å². The van der Waals surface area contributed by atoms with E-state index in [1.165, 1.54) is 40.6 Å². The molecule has 6 heteroatoms. The summed E-state index contributed by atoms with van der Waals surface area (Å²) in [6.07, 6.45) is 8.83. The van der Waals surface area contributed by atoms with Crippen LogP contribution < -0.4 is 4.74 Å². The Morgan fingerprint density at radius 1 is 0.920 bits per heavy atom. The third-order valence-corrected chi connectivity index (χ3v) is 10.6. The number of rotatable bonds is 9. The zero-order valence-electron chi connectivity index (χ0n) is 30.6. The molecule has 0 fully saturated rings. The fraction of sp³-hybridized carbons (Fsp3) is 0.364. The molecule has 3 aromatic heterocycles. The van der Waals surface area contributed by atoms with Crippen molar-refractivity contribution in [2.45, 2.75) is 92.9 Å². The first kappa shape index (κ1) is 35.9. The van der Waals surface area contributed by atoms with E-state index in [0.717, 1.165) is 46.5 Å². The van der Waals surface area contributed by atoms with Crippen LogP contribution in [0.1, 0.15) is 101 Å². The summed E-state index contributed by atoms with van der Waals surface area (Å²) in [6.45, 7) is 18.0. The monoisotopic (exact) mass is 843 g/mol. The Morgan fingerprint density at radius 3 is 2.46 bits per heavy atom. The first-order valence-electron chi connectivity index (χ1n) is 18.1. The van der Waals surface area contributed by atoms with Crippen molar-refractivity contribution in [1.82, 2.24) is 19.3 Å². The Bertz CT molecular complexity index is 2190. The molecule has 1 aliphatic carbocycles. The first-order chi connectivity index (χ1) is 23.7. The second-order valence-corrected chi connectivity index (χ2v) is 14.2. The number of hydrogen-bond acceptors (Lipinski definition) is 3. The van der Waals surface area contributed by atoms with Crippen molar-refractivity contribution in [1.29, 1.82) is 0 Å². The average molecular weight is 844 g/mol. The van der Waals surface area contributed by atoms with Crippen molar-refractivity contribution >= 4 is 21.8 Å². The molecule has 0 radical (unpaired) electrons. The van der Waals surface area contributed by atoms with Crippen LogP contribution >= 0.6 is 0 Å². The van der Waals surface area contributed by atoms with Crippen LogP contribution in [0.5, 0.6) is 11.5 Å². The van der Waals surface area contributed by atoms with Gasteiger partial charge in [0.25, 0.3) is 0 Å². The van der Waals surface area contributed by atoms with E-state index in [1.807, 2.05) is 12.3 Å². The molecular weight excluding hydrogens is 796 g/mol. The van der Waals surface area contributed by atoms with Crippen LogP contribution in [0.3, 0.4) is 0 Å². The van der Waals surface area contributed by atoms with Crippen molar-refractivity contribution < 1.29 is 25.8 Å². The van der Waals surface area contributed by atoms with Gasteiger partial charge >= 0.3 is 21.1 Å². The molecule has 1 unspecified atom stereocenters. The fourth-order valence-electron chi connectivity index (χ4n) is 8.10. The van der Waals surface area contributed by atoms with Crippen molar-refractivity contribution in [3.63, 3.8) is 0 Å². The maximum Gasteiger partial charge on any atom is 2.00 e. The van der Waals surface area contributed by atoms with E-state index in [0.29, 0.717) is 35.2 Å². The number of benzene rings is 3. The third kappa shape index (κ3) is 6.50. The van der Waals surface area contributed by atoms with E-state index in [4.69, 9.17) is 14.8 Å². The number of allylic oxidation sites excluding steroid dienone is 2. The topological polar surface area (TPSA) is 44.9 Å². The SMILES string of the molecule is CCC1=C[C@H](C)C[C@H](CC)C1c1c(C)nn(-c2[c-]c(Oc3[c-]c4c(cc3)c3ccccc3n4-c3cc(CC)ccn3)cc(C(C)C)c2)c1C.[Pt+2]. The summed E-state index contributed by atoms with van der Waals surface area (Å²) >= 11 is 0. The van der Waals surface area contributed by atoms with Crippen molar-refractivity contribution in [3.8, 4) is 23.0 Å². The normalized spacial score (nSPS) is 17.7. The van der Waals surface area contributed by atoms with Crippen molar-refractivity contribution in [3.05, 3.63) is 119 Å². The molecule has 0 N–H and O–H groups in total. The number of aryl methyl sites for hydroxylation is 2. The van der Waals surface area contributed by atoms with Gasteiger partial charge in [-0.2, -0.15) is 11.2 Å². The zero-order chi connectivity index (χ0) is 34.4. The average Bonchev–Trinajstić information content (AvgIpc) is 3.59. The Labute approximate surface area is 312 Å². The molecule has 0 bridgehead atoms. The maximum absolute atomic E-state index is 6.65. The molecule has 260 valence electrons. The maximum atomic E-state index is 6.65. The van der Waals surface area contributed by atoms with Crippen molar-refractivity contribution in [2.24, 2.45) is 11.8 Å². The molecular formula is C44H48N4OPt. The standard InChI is InChI=1S/C44H48N4O.Pt/c1-9-31-18-19-45-42(22-31)47-40-15-13-12-14-38(40)39-17-16-36(26-41(39)47)49-37-24-34(27(4)5)23-35(25-37)48-30(8)43(29(7)46-48)44-32(10-2)20-28(6)21-33(44)11-3;/h12-20,22-24,27-28,33,44H,9-11,21H2,1-8H3;/q-2;+2/t28-,33-,44?;/m0./s1. The van der Waals surface area contributed by atoms with Crippen LogP contribution in [0.25, 0.3) is 33.3 Å². The molecule has 3 aromatic carbocycles. The van der Waals surface area contributed by atoms with Gasteiger partial charge in [0.15, 0.2) is 0 Å². The van der Waals surface area contributed by atoms with Gasteiger partial charge < -0.3 is 9.30 Å². The molecule has 1 aliphatic rings. The van der Waals surface area contributed by atoms with Crippen molar-refractivity contribution in [2.75, 3.05) is 0 Å². The number of pyridine rings is 1. The van der Waals surface area contributed by atoms with Gasteiger partial charge in [-0.1, -0.05) is 83.3 Å². The molecule has 0 amide bonds. The van der Waals surface area contributed by atoms with E-state index in [-0.39, 0.29) is 21.1 Å². The molecule has 0 spiro atoms. The molecule has 6 aromatic rings. The van der Waals surface area contributed by atoms with Gasteiger partial charge in [-0.3, -0.25) is 4.68 Å². The van der Waals surface area contributed by atoms with Crippen LogP contribution in [-0.2, 0) is 27.5 Å². The van der Waals surface area contributed by atoms with E-state index < -0.39 is 0 Å². The Kier molecular flexibility index (Phi) is 10.6. The van der Waals surface area contributed by atoms with Crippen LogP contribution in [-0.4, -0.2) is 19.3 Å². The predicted molar refractivity (Wildman–Crippen MR) is 202 cm³/mol. The Morgan fingerprint density at radius 2 is 1.72 bits per heavy atom. The van der Waals surface area contributed by atoms with Crippen LogP contribution in [0.15, 0.2) is 78.5 Å². The van der Waals surface area contributed by atoms with E-state index in [9.17, 15) is 0 Å². The minimum Gasteiger partial charge on any atom is -0.509 e. The van der Waals surface area contributed by atoms with E-state index >= 15 is 0 Å². The zero-order valence-corrected chi connectivity index (χ0v) is 32.9. The van der Waals surface area contributed by atoms with Gasteiger partial charge in [-0.15, -0.1) is 41.3 Å². The second-order valence-electron chi connectivity index (χ2n) is 14.2. The largest absolute Gasteiger partial charge is 2.00 e. The van der Waals surface area contributed by atoms with Gasteiger partial charge in [-0.25, -0.2) is 4.98 Å². The molecule has 50 heavy (non-hydrogen) atoms. The van der Waals surface area contributed by atoms with Crippen LogP contribution in [0, 0.1) is 37.8 Å². The van der Waals surface area contributed by atoms with E-state index in [1.54, 1.807) is 5.57 Å². The smallest absolute Gasteiger partial charge is 0.509 e. The minimum absolute atomic E-state index is 0. The quantitative estimate of drug-likeness (QED) is 0.108. The summed E-state index contributed by atoms with van der Waals surface area (Å²) in [6, 6.07) is 28.4. The molecule has 0 saturated carbocycles. The summed E-state index contributed by atoms with van der Waals surface area (Å²) < 4.78 is 10.9. The molecule has 5 nitrogen and oxygen atoms in total. The number of ether oxygens (including phenoxy) is 1. The molecule has 7 rings (SSSR count). The number of nitrogens with zero attached hydrogens (tertiary/aromatic N) is 4. The van der Waals surface area contributed by atoms with Gasteiger partial charge in [0.1, 0.15) is 5.82 Å². The molecule has 3 heterocycles. The van der Waals surface area contributed by atoms with Gasteiger partial charge in [0.05, 0.1) is 5.69 Å². The Hall–Kier alpha value is -3.95. The predicted octanol–water partition coefficient (Wildman–Crippen LogP) is 11.5. The first-order valence-corrected chi connectivity index (χ1v) is 18.1. The van der Waals surface area contributed by atoms with Gasteiger partial charge in [0.2, 0.25) is 0 Å². The minimum atomic E-state index is 0. The van der Waals surface area contributed by atoms with Crippen LogP contribution in [0.4, 0.5) is 0 Å². The second kappa shape index (κ2) is 14.7. The molecule has 0 aliphatic heterocycles. The number of hydrogen-bond donors (Lipinski definition) is 0. The van der Waals surface area contributed by atoms with Gasteiger partial charge in [0, 0.05) is 40.4 Å². The van der Waals surface area contributed by atoms with Crippen LogP contribution in [0.2, 0.25) is 0 Å². The number of fused-ring (bicyclic) bond motifs is 3. The Balaban J connectivity index is 0.00000432. The summed E-state index contributed by atoms with van der Waals surface area (Å²) in [7, 11) is 0.